The second kappa shape index (κ2) is 7.05. The van der Waals surface area contributed by atoms with E-state index in [1.807, 2.05) is 19.0 Å². The molecule has 1 aromatic heterocycles. The van der Waals surface area contributed by atoms with Crippen LogP contribution in [0, 0.1) is 0 Å². The predicted molar refractivity (Wildman–Crippen MR) is 99.6 cm³/mol. The molecule has 0 unspecified atom stereocenters. The van der Waals surface area contributed by atoms with Gasteiger partial charge >= 0.3 is 0 Å². The highest BCUT2D eigenvalue weighted by atomic mass is 32.2. The fraction of sp³-hybridized carbons (Fsp3) is 0.750. The average molecular weight is 369 g/mol. The summed E-state index contributed by atoms with van der Waals surface area (Å²) in [5, 5.41) is 0. The molecule has 25 heavy (non-hydrogen) atoms. The van der Waals surface area contributed by atoms with Gasteiger partial charge in [-0.05, 0) is 14.0 Å². The van der Waals surface area contributed by atoms with E-state index in [0.717, 1.165) is 49.2 Å². The largest absolute Gasteiger partial charge is 0.362 e. The van der Waals surface area contributed by atoms with Crippen LogP contribution in [0.15, 0.2) is 0 Å². The Morgan fingerprint density at radius 2 is 1.76 bits per heavy atom. The molecule has 1 fully saturated rings. The van der Waals surface area contributed by atoms with Crippen LogP contribution in [-0.4, -0.2) is 87.2 Å². The van der Waals surface area contributed by atoms with Crippen LogP contribution < -0.4 is 9.80 Å². The van der Waals surface area contributed by atoms with Crippen LogP contribution in [0.4, 0.5) is 11.8 Å². The lowest BCUT2D eigenvalue weighted by Gasteiger charge is -2.35. The molecule has 2 aliphatic heterocycles. The van der Waals surface area contributed by atoms with Crippen molar-refractivity contribution in [3.05, 3.63) is 11.3 Å². The van der Waals surface area contributed by atoms with Crippen molar-refractivity contribution in [2.24, 2.45) is 0 Å². The minimum absolute atomic E-state index is 0.125. The molecule has 0 N–H and O–H groups in total. The molecule has 2 aliphatic rings. The van der Waals surface area contributed by atoms with Crippen LogP contribution in [0.5, 0.6) is 0 Å². The summed E-state index contributed by atoms with van der Waals surface area (Å²) in [6.45, 7) is 6.37. The standard InChI is InChI=1S/C16H28N6O2S/c1-5-25(23,24)22-7-6-14-13(12-22)15(19(2)3)18-16(17-14)21-10-8-20(4)9-11-21/h5-12H2,1-4H3. The second-order valence-corrected chi connectivity index (χ2v) is 9.20. The molecule has 0 amide bonds. The molecule has 3 heterocycles. The number of rotatable bonds is 4. The third kappa shape index (κ3) is 3.73. The van der Waals surface area contributed by atoms with E-state index < -0.39 is 10.0 Å². The number of sulfonamides is 1. The number of anilines is 2. The first-order valence-electron chi connectivity index (χ1n) is 8.80. The van der Waals surface area contributed by atoms with Gasteiger partial charge < -0.3 is 14.7 Å². The Morgan fingerprint density at radius 1 is 1.08 bits per heavy atom. The first-order chi connectivity index (χ1) is 11.8. The number of piperazine rings is 1. The summed E-state index contributed by atoms with van der Waals surface area (Å²) in [6.07, 6.45) is 0.638. The van der Waals surface area contributed by atoms with Gasteiger partial charge in [0, 0.05) is 65.3 Å². The Hall–Kier alpha value is -1.45. The van der Waals surface area contributed by atoms with E-state index in [0.29, 0.717) is 19.5 Å². The Bertz CT molecular complexity index is 728. The van der Waals surface area contributed by atoms with Crippen LogP contribution >= 0.6 is 0 Å². The summed E-state index contributed by atoms with van der Waals surface area (Å²) in [7, 11) is 2.82. The van der Waals surface area contributed by atoms with Gasteiger partial charge in [-0.3, -0.25) is 0 Å². The van der Waals surface area contributed by atoms with Crippen molar-refractivity contribution in [1.29, 1.82) is 0 Å². The minimum Gasteiger partial charge on any atom is -0.362 e. The fourth-order valence-corrected chi connectivity index (χ4v) is 4.36. The molecule has 8 nitrogen and oxygen atoms in total. The summed E-state index contributed by atoms with van der Waals surface area (Å²) >= 11 is 0. The number of nitrogens with zero attached hydrogens (tertiary/aromatic N) is 6. The maximum atomic E-state index is 12.2. The molecule has 1 saturated heterocycles. The van der Waals surface area contributed by atoms with Crippen molar-refractivity contribution in [2.75, 3.05) is 69.4 Å². The monoisotopic (exact) mass is 368 g/mol. The molecule has 9 heteroatoms. The van der Waals surface area contributed by atoms with Crippen molar-refractivity contribution < 1.29 is 8.42 Å². The molecule has 0 bridgehead atoms. The first kappa shape index (κ1) is 18.3. The fourth-order valence-electron chi connectivity index (χ4n) is 3.30. The highest BCUT2D eigenvalue weighted by Gasteiger charge is 2.30. The van der Waals surface area contributed by atoms with E-state index in [1.54, 1.807) is 11.2 Å². The maximum Gasteiger partial charge on any atom is 0.227 e. The molecule has 0 saturated carbocycles. The lowest BCUT2D eigenvalue weighted by molar-refractivity contribution is 0.310. The molecular weight excluding hydrogens is 340 g/mol. The lowest BCUT2D eigenvalue weighted by atomic mass is 10.1. The third-order valence-electron chi connectivity index (χ3n) is 4.96. The molecule has 0 atom stereocenters. The molecule has 140 valence electrons. The normalized spacial score (nSPS) is 19.8. The van der Waals surface area contributed by atoms with E-state index in [9.17, 15) is 8.42 Å². The second-order valence-electron chi connectivity index (χ2n) is 6.94. The van der Waals surface area contributed by atoms with E-state index >= 15 is 0 Å². The summed E-state index contributed by atoms with van der Waals surface area (Å²) in [5.41, 5.74) is 1.92. The number of hydrogen-bond acceptors (Lipinski definition) is 7. The SMILES string of the molecule is CCS(=O)(=O)N1CCc2nc(N3CCN(C)CC3)nc(N(C)C)c2C1. The number of likely N-dealkylation sites (N-methyl/N-ethyl adjacent to an activating group) is 1. The van der Waals surface area contributed by atoms with Gasteiger partial charge in [0.1, 0.15) is 5.82 Å². The van der Waals surface area contributed by atoms with Gasteiger partial charge in [-0.2, -0.15) is 9.29 Å². The van der Waals surface area contributed by atoms with Gasteiger partial charge in [-0.15, -0.1) is 0 Å². The van der Waals surface area contributed by atoms with Gasteiger partial charge in [0.25, 0.3) is 0 Å². The molecule has 0 radical (unpaired) electrons. The van der Waals surface area contributed by atoms with Gasteiger partial charge in [0.05, 0.1) is 11.4 Å². The van der Waals surface area contributed by atoms with E-state index in [-0.39, 0.29) is 5.75 Å². The predicted octanol–water partition coefficient (Wildman–Crippen LogP) is 0.00220. The zero-order chi connectivity index (χ0) is 18.2. The molecule has 0 aromatic carbocycles. The molecule has 1 aromatic rings. The van der Waals surface area contributed by atoms with Crippen molar-refractivity contribution in [2.45, 2.75) is 19.9 Å². The third-order valence-corrected chi connectivity index (χ3v) is 6.79. The number of fused-ring (bicyclic) bond motifs is 1. The summed E-state index contributed by atoms with van der Waals surface area (Å²) in [5.74, 6) is 1.72. The Kier molecular flexibility index (Phi) is 5.17. The molecular formula is C16H28N6O2S. The van der Waals surface area contributed by atoms with E-state index in [2.05, 4.69) is 16.8 Å². The van der Waals surface area contributed by atoms with Crippen molar-refractivity contribution in [3.63, 3.8) is 0 Å². The molecule has 0 aliphatic carbocycles. The van der Waals surface area contributed by atoms with Crippen LogP contribution in [-0.2, 0) is 23.0 Å². The first-order valence-corrected chi connectivity index (χ1v) is 10.4. The van der Waals surface area contributed by atoms with Crippen LogP contribution in [0.3, 0.4) is 0 Å². The Morgan fingerprint density at radius 3 is 2.36 bits per heavy atom. The topological polar surface area (TPSA) is 72.9 Å². The smallest absolute Gasteiger partial charge is 0.227 e. The van der Waals surface area contributed by atoms with Gasteiger partial charge in [0.2, 0.25) is 16.0 Å². The van der Waals surface area contributed by atoms with E-state index in [4.69, 9.17) is 9.97 Å². The quantitative estimate of drug-likeness (QED) is 0.741. The average Bonchev–Trinajstić information content (AvgIpc) is 2.60. The van der Waals surface area contributed by atoms with Crippen molar-refractivity contribution in [1.82, 2.24) is 19.2 Å². The lowest BCUT2D eigenvalue weighted by Crippen LogP contribution is -2.45. The number of hydrogen-bond donors (Lipinski definition) is 0. The molecule has 3 rings (SSSR count). The zero-order valence-corrected chi connectivity index (χ0v) is 16.4. The highest BCUT2D eigenvalue weighted by molar-refractivity contribution is 7.89. The van der Waals surface area contributed by atoms with Gasteiger partial charge in [-0.1, -0.05) is 0 Å². The summed E-state index contributed by atoms with van der Waals surface area (Å²) in [4.78, 5) is 16.1. The zero-order valence-electron chi connectivity index (χ0n) is 15.6. The summed E-state index contributed by atoms with van der Waals surface area (Å²) in [6, 6.07) is 0. The van der Waals surface area contributed by atoms with E-state index in [1.165, 1.54) is 0 Å². The van der Waals surface area contributed by atoms with Crippen LogP contribution in [0.1, 0.15) is 18.2 Å². The summed E-state index contributed by atoms with van der Waals surface area (Å²) < 4.78 is 26.1. The minimum atomic E-state index is -3.20. The van der Waals surface area contributed by atoms with Crippen LogP contribution in [0.2, 0.25) is 0 Å². The highest BCUT2D eigenvalue weighted by Crippen LogP contribution is 2.29. The van der Waals surface area contributed by atoms with Crippen molar-refractivity contribution in [3.8, 4) is 0 Å². The molecule has 0 spiro atoms. The number of aromatic nitrogens is 2. The Balaban J connectivity index is 1.94. The Labute approximate surface area is 150 Å². The van der Waals surface area contributed by atoms with Crippen molar-refractivity contribution >= 4 is 21.8 Å². The van der Waals surface area contributed by atoms with Crippen LogP contribution in [0.25, 0.3) is 0 Å². The van der Waals surface area contributed by atoms with Gasteiger partial charge in [0.15, 0.2) is 0 Å². The maximum absolute atomic E-state index is 12.2. The van der Waals surface area contributed by atoms with Gasteiger partial charge in [-0.25, -0.2) is 13.4 Å².